The van der Waals surface area contributed by atoms with Crippen LogP contribution < -0.4 is 5.32 Å². The van der Waals surface area contributed by atoms with Crippen LogP contribution in [0.25, 0.3) is 10.3 Å². The lowest BCUT2D eigenvalue weighted by molar-refractivity contribution is 0.0342. The van der Waals surface area contributed by atoms with Gasteiger partial charge in [0.15, 0.2) is 0 Å². The van der Waals surface area contributed by atoms with E-state index < -0.39 is 0 Å². The minimum atomic E-state index is -0.257. The molecular weight excluding hydrogens is 362 g/mol. The van der Waals surface area contributed by atoms with Crippen LogP contribution in [0.15, 0.2) is 23.9 Å². The Hall–Kier alpha value is -2.47. The minimum Gasteiger partial charge on any atom is -0.379 e. The molecule has 2 aromatic rings. The van der Waals surface area contributed by atoms with Gasteiger partial charge in [-0.3, -0.25) is 9.69 Å². The van der Waals surface area contributed by atoms with Crippen molar-refractivity contribution in [2.24, 2.45) is 0 Å². The number of nitrogens with one attached hydrogen (secondary N) is 2. The highest BCUT2D eigenvalue weighted by Gasteiger charge is 2.24. The van der Waals surface area contributed by atoms with Crippen molar-refractivity contribution in [3.8, 4) is 6.07 Å². The van der Waals surface area contributed by atoms with Gasteiger partial charge in [-0.15, -0.1) is 11.3 Å². The molecule has 0 aliphatic carbocycles. The lowest BCUT2D eigenvalue weighted by atomic mass is 10.1. The van der Waals surface area contributed by atoms with Gasteiger partial charge in [0, 0.05) is 30.9 Å². The smallest absolute Gasteiger partial charge is 0.272 e. The Kier molecular flexibility index (Phi) is 6.06. The van der Waals surface area contributed by atoms with Crippen molar-refractivity contribution in [1.29, 1.82) is 5.26 Å². The number of ether oxygens (including phenoxy) is 1. The molecule has 0 radical (unpaired) electrons. The van der Waals surface area contributed by atoms with Gasteiger partial charge < -0.3 is 15.0 Å². The Balaban J connectivity index is 1.95. The Bertz CT molecular complexity index is 928. The lowest BCUT2D eigenvalue weighted by Crippen LogP contribution is -2.36. The molecule has 2 N–H and O–H groups in total. The summed E-state index contributed by atoms with van der Waals surface area (Å²) in [7, 11) is 0. The molecule has 0 aromatic carbocycles. The lowest BCUT2D eigenvalue weighted by Gasteiger charge is -2.26. The van der Waals surface area contributed by atoms with Crippen molar-refractivity contribution >= 4 is 27.6 Å². The molecule has 142 valence electrons. The van der Waals surface area contributed by atoms with E-state index in [9.17, 15) is 10.1 Å². The summed E-state index contributed by atoms with van der Waals surface area (Å²) in [6, 6.07) is 2.07. The molecule has 27 heavy (non-hydrogen) atoms. The molecule has 7 nitrogen and oxygen atoms in total. The van der Waals surface area contributed by atoms with Crippen LogP contribution in [-0.4, -0.2) is 47.1 Å². The first kappa shape index (κ1) is 19.3. The van der Waals surface area contributed by atoms with Crippen molar-refractivity contribution in [1.82, 2.24) is 20.2 Å². The third-order valence-corrected chi connectivity index (χ3v) is 5.56. The summed E-state index contributed by atoms with van der Waals surface area (Å²) in [5.41, 5.74) is 3.13. The largest absolute Gasteiger partial charge is 0.379 e. The van der Waals surface area contributed by atoms with Gasteiger partial charge in [0.1, 0.15) is 17.4 Å². The number of nitriles is 1. The number of allylic oxidation sites excluding steroid dienone is 3. The number of carbonyl (C=O) groups is 1. The van der Waals surface area contributed by atoms with E-state index in [4.69, 9.17) is 4.74 Å². The number of aromatic nitrogens is 2. The van der Waals surface area contributed by atoms with Gasteiger partial charge in [-0.1, -0.05) is 13.5 Å². The number of fused-ring (bicyclic) bond motifs is 1. The van der Waals surface area contributed by atoms with Crippen molar-refractivity contribution in [2.45, 2.75) is 26.8 Å². The summed E-state index contributed by atoms with van der Waals surface area (Å²) in [5, 5.41) is 13.1. The van der Waals surface area contributed by atoms with Gasteiger partial charge in [0.2, 0.25) is 0 Å². The number of morpholine rings is 1. The molecular formula is C19H23N5O2S. The maximum Gasteiger partial charge on any atom is 0.272 e. The van der Waals surface area contributed by atoms with Crippen LogP contribution in [0.3, 0.4) is 0 Å². The molecule has 8 heteroatoms. The Morgan fingerprint density at radius 3 is 2.89 bits per heavy atom. The number of hydrogen-bond acceptors (Lipinski definition) is 6. The van der Waals surface area contributed by atoms with Crippen LogP contribution in [0.4, 0.5) is 0 Å². The fraction of sp³-hybridized carbons (Fsp3) is 0.421. The fourth-order valence-corrected chi connectivity index (χ4v) is 4.05. The number of amides is 1. The van der Waals surface area contributed by atoms with E-state index in [-0.39, 0.29) is 5.91 Å². The number of rotatable bonds is 6. The molecule has 3 rings (SSSR count). The quantitative estimate of drug-likeness (QED) is 0.589. The maximum atomic E-state index is 13.0. The van der Waals surface area contributed by atoms with E-state index in [0.717, 1.165) is 34.0 Å². The van der Waals surface area contributed by atoms with E-state index in [1.54, 1.807) is 11.3 Å². The minimum absolute atomic E-state index is 0.257. The zero-order chi connectivity index (χ0) is 19.4. The first-order chi connectivity index (χ1) is 13.1. The Morgan fingerprint density at radius 1 is 1.52 bits per heavy atom. The first-order valence-electron chi connectivity index (χ1n) is 8.92. The standard InChI is InChI=1S/C19H23N5O2S/c1-4-13(10-20)15(5-2)22-19(25)16-14(11-24-6-8-26-9-7-24)17-18(23-16)21-12(3)27-17/h4,23H,1,5-9,11H2,2-3H3,(H,22,25)/b15-13-. The molecule has 1 fully saturated rings. The average molecular weight is 385 g/mol. The van der Waals surface area contributed by atoms with Crippen molar-refractivity contribution in [3.63, 3.8) is 0 Å². The van der Waals surface area contributed by atoms with Crippen molar-refractivity contribution < 1.29 is 9.53 Å². The molecule has 1 aliphatic rings. The van der Waals surface area contributed by atoms with Gasteiger partial charge in [-0.05, 0) is 19.4 Å². The van der Waals surface area contributed by atoms with Gasteiger partial charge in [-0.25, -0.2) is 4.98 Å². The molecule has 1 aliphatic heterocycles. The van der Waals surface area contributed by atoms with E-state index in [1.807, 2.05) is 13.8 Å². The van der Waals surface area contributed by atoms with Gasteiger partial charge >= 0.3 is 0 Å². The van der Waals surface area contributed by atoms with Crippen LogP contribution >= 0.6 is 11.3 Å². The van der Waals surface area contributed by atoms with E-state index in [1.165, 1.54) is 6.08 Å². The molecule has 3 heterocycles. The number of hydrogen-bond donors (Lipinski definition) is 2. The average Bonchev–Trinajstić information content (AvgIpc) is 3.19. The molecule has 1 saturated heterocycles. The van der Waals surface area contributed by atoms with Crippen LogP contribution in [0.2, 0.25) is 0 Å². The Morgan fingerprint density at radius 2 is 2.26 bits per heavy atom. The zero-order valence-electron chi connectivity index (χ0n) is 15.6. The second kappa shape index (κ2) is 8.48. The number of aromatic amines is 1. The summed E-state index contributed by atoms with van der Waals surface area (Å²) in [6.45, 7) is 11.2. The van der Waals surface area contributed by atoms with Gasteiger partial charge in [-0.2, -0.15) is 5.26 Å². The zero-order valence-corrected chi connectivity index (χ0v) is 16.4. The molecule has 1 amide bonds. The van der Waals surface area contributed by atoms with Crippen molar-refractivity contribution in [3.05, 3.63) is 40.2 Å². The second-order valence-electron chi connectivity index (χ2n) is 6.29. The highest BCUT2D eigenvalue weighted by atomic mass is 32.1. The highest BCUT2D eigenvalue weighted by molar-refractivity contribution is 7.18. The number of aryl methyl sites for hydroxylation is 1. The molecule has 0 spiro atoms. The summed E-state index contributed by atoms with van der Waals surface area (Å²) >= 11 is 1.58. The van der Waals surface area contributed by atoms with Crippen LogP contribution in [-0.2, 0) is 11.3 Å². The fourth-order valence-electron chi connectivity index (χ4n) is 3.13. The molecule has 0 saturated carbocycles. The van der Waals surface area contributed by atoms with Gasteiger partial charge in [0.25, 0.3) is 5.91 Å². The first-order valence-corrected chi connectivity index (χ1v) is 9.74. The molecule has 2 aromatic heterocycles. The summed E-state index contributed by atoms with van der Waals surface area (Å²) in [6.07, 6.45) is 2.00. The van der Waals surface area contributed by atoms with Crippen molar-refractivity contribution in [2.75, 3.05) is 26.3 Å². The van der Waals surface area contributed by atoms with Gasteiger partial charge in [0.05, 0.1) is 28.5 Å². The predicted octanol–water partition coefficient (Wildman–Crippen LogP) is 2.87. The summed E-state index contributed by atoms with van der Waals surface area (Å²) in [5.74, 6) is -0.257. The number of carbonyl (C=O) groups excluding carboxylic acids is 1. The summed E-state index contributed by atoms with van der Waals surface area (Å²) < 4.78 is 6.43. The third kappa shape index (κ3) is 4.11. The number of nitrogens with zero attached hydrogens (tertiary/aromatic N) is 3. The predicted molar refractivity (Wildman–Crippen MR) is 105 cm³/mol. The molecule has 0 bridgehead atoms. The van der Waals surface area contributed by atoms with E-state index >= 15 is 0 Å². The summed E-state index contributed by atoms with van der Waals surface area (Å²) in [4.78, 5) is 22.9. The topological polar surface area (TPSA) is 94.0 Å². The van der Waals surface area contributed by atoms with E-state index in [0.29, 0.717) is 43.1 Å². The SMILES string of the molecule is C=C/C(C#N)=C(\CC)NC(=O)c1[nH]c2nc(C)sc2c1CN1CCOCC1. The molecule has 0 atom stereocenters. The maximum absolute atomic E-state index is 13.0. The normalized spacial score (nSPS) is 16.0. The monoisotopic (exact) mass is 385 g/mol. The van der Waals surface area contributed by atoms with Crippen LogP contribution in [0.1, 0.15) is 34.4 Å². The molecule has 0 unspecified atom stereocenters. The Labute approximate surface area is 162 Å². The third-order valence-electron chi connectivity index (χ3n) is 4.53. The highest BCUT2D eigenvalue weighted by Crippen LogP contribution is 2.29. The van der Waals surface area contributed by atoms with Crippen LogP contribution in [0, 0.1) is 18.3 Å². The number of H-pyrrole nitrogens is 1. The van der Waals surface area contributed by atoms with E-state index in [2.05, 4.69) is 32.8 Å². The number of thiazole rings is 1. The second-order valence-corrected chi connectivity index (χ2v) is 7.50. The van der Waals surface area contributed by atoms with Crippen LogP contribution in [0.5, 0.6) is 0 Å².